The van der Waals surface area contributed by atoms with E-state index in [1.54, 1.807) is 0 Å². The number of aryl methyl sites for hydroxylation is 1. The summed E-state index contributed by atoms with van der Waals surface area (Å²) in [6.45, 7) is 8.93. The molecule has 6 heteroatoms. The van der Waals surface area contributed by atoms with Gasteiger partial charge < -0.3 is 20.4 Å². The molecule has 0 aromatic carbocycles. The van der Waals surface area contributed by atoms with E-state index >= 15 is 0 Å². The van der Waals surface area contributed by atoms with Gasteiger partial charge in [0.15, 0.2) is 0 Å². The quantitative estimate of drug-likeness (QED) is 0.632. The second kappa shape index (κ2) is 7.89. The van der Waals surface area contributed by atoms with Crippen LogP contribution in [0, 0.1) is 13.8 Å². The fraction of sp³-hybridized carbons (Fsp3) is 0.800. The number of aromatic nitrogens is 2. The standard InChI is InChI=1S/C15H28N4O2/c1-12-15(13(2)19(17-12)7-8-20)10-16-9-14(21)11-18-5-3-4-6-18/h14,16,20-21H,3-11H2,1-2H3. The number of likely N-dealkylation sites (tertiary alicyclic amines) is 1. The van der Waals surface area contributed by atoms with Gasteiger partial charge in [0.05, 0.1) is 24.9 Å². The van der Waals surface area contributed by atoms with Crippen molar-refractivity contribution in [1.82, 2.24) is 20.0 Å². The van der Waals surface area contributed by atoms with Crippen molar-refractivity contribution in [2.24, 2.45) is 0 Å². The molecule has 1 aliphatic rings. The van der Waals surface area contributed by atoms with E-state index in [0.717, 1.165) is 36.6 Å². The lowest BCUT2D eigenvalue weighted by Crippen LogP contribution is -2.36. The molecule has 6 nitrogen and oxygen atoms in total. The SMILES string of the molecule is Cc1nn(CCO)c(C)c1CNCC(O)CN1CCCC1. The van der Waals surface area contributed by atoms with Crippen LogP contribution in [0.5, 0.6) is 0 Å². The van der Waals surface area contributed by atoms with E-state index in [9.17, 15) is 5.11 Å². The molecule has 1 fully saturated rings. The predicted molar refractivity (Wildman–Crippen MR) is 82.2 cm³/mol. The Bertz CT molecular complexity index is 441. The van der Waals surface area contributed by atoms with Crippen LogP contribution in [0.1, 0.15) is 29.8 Å². The Morgan fingerprint density at radius 2 is 2.00 bits per heavy atom. The Kier molecular flexibility index (Phi) is 6.17. The molecule has 1 atom stereocenters. The molecule has 2 rings (SSSR count). The lowest BCUT2D eigenvalue weighted by molar-refractivity contribution is 0.123. The van der Waals surface area contributed by atoms with Crippen LogP contribution in [-0.2, 0) is 13.1 Å². The Morgan fingerprint density at radius 3 is 2.67 bits per heavy atom. The monoisotopic (exact) mass is 296 g/mol. The molecule has 0 bridgehead atoms. The van der Waals surface area contributed by atoms with Crippen LogP contribution in [0.15, 0.2) is 0 Å². The number of aliphatic hydroxyl groups excluding tert-OH is 2. The summed E-state index contributed by atoms with van der Waals surface area (Å²) in [5, 5.41) is 26.8. The summed E-state index contributed by atoms with van der Waals surface area (Å²) < 4.78 is 1.84. The first-order valence-corrected chi connectivity index (χ1v) is 7.86. The highest BCUT2D eigenvalue weighted by Gasteiger charge is 2.16. The van der Waals surface area contributed by atoms with Gasteiger partial charge in [0, 0.05) is 30.9 Å². The molecule has 0 aliphatic carbocycles. The summed E-state index contributed by atoms with van der Waals surface area (Å²) in [5.74, 6) is 0. The fourth-order valence-corrected chi connectivity index (χ4v) is 2.99. The summed E-state index contributed by atoms with van der Waals surface area (Å²) in [5.41, 5.74) is 3.24. The van der Waals surface area contributed by atoms with Crippen molar-refractivity contribution in [3.05, 3.63) is 17.0 Å². The maximum atomic E-state index is 10.1. The Hall–Kier alpha value is -0.950. The smallest absolute Gasteiger partial charge is 0.0791 e. The first-order valence-electron chi connectivity index (χ1n) is 7.86. The van der Waals surface area contributed by atoms with Crippen molar-refractivity contribution in [3.63, 3.8) is 0 Å². The number of nitrogens with zero attached hydrogens (tertiary/aromatic N) is 3. The average Bonchev–Trinajstić information content (AvgIpc) is 3.03. The van der Waals surface area contributed by atoms with Crippen molar-refractivity contribution >= 4 is 0 Å². The Labute approximate surface area is 126 Å². The molecule has 120 valence electrons. The van der Waals surface area contributed by atoms with Crippen LogP contribution in [-0.4, -0.2) is 63.8 Å². The van der Waals surface area contributed by atoms with Gasteiger partial charge >= 0.3 is 0 Å². The number of hydrogen-bond donors (Lipinski definition) is 3. The number of aliphatic hydroxyl groups is 2. The number of nitrogens with one attached hydrogen (secondary N) is 1. The summed E-state index contributed by atoms with van der Waals surface area (Å²) in [6.07, 6.45) is 2.18. The molecule has 0 amide bonds. The molecule has 0 saturated carbocycles. The number of hydrogen-bond acceptors (Lipinski definition) is 5. The van der Waals surface area contributed by atoms with Gasteiger partial charge in [0.2, 0.25) is 0 Å². The van der Waals surface area contributed by atoms with Gasteiger partial charge in [-0.25, -0.2) is 0 Å². The van der Waals surface area contributed by atoms with Gasteiger partial charge in [-0.05, 0) is 39.8 Å². The van der Waals surface area contributed by atoms with E-state index in [1.807, 2.05) is 18.5 Å². The van der Waals surface area contributed by atoms with Crippen LogP contribution in [0.2, 0.25) is 0 Å². The Morgan fingerprint density at radius 1 is 1.29 bits per heavy atom. The minimum Gasteiger partial charge on any atom is -0.394 e. The summed E-state index contributed by atoms with van der Waals surface area (Å²) in [6, 6.07) is 0. The molecule has 0 spiro atoms. The van der Waals surface area contributed by atoms with Gasteiger partial charge in [-0.15, -0.1) is 0 Å². The maximum Gasteiger partial charge on any atom is 0.0791 e. The molecule has 0 radical (unpaired) electrons. The molecular weight excluding hydrogens is 268 g/mol. The highest BCUT2D eigenvalue weighted by atomic mass is 16.3. The van der Waals surface area contributed by atoms with Crippen molar-refractivity contribution in [2.75, 3.05) is 32.8 Å². The predicted octanol–water partition coefficient (Wildman–Crippen LogP) is 0.0385. The third-order valence-corrected chi connectivity index (χ3v) is 4.19. The third kappa shape index (κ3) is 4.51. The van der Waals surface area contributed by atoms with Crippen LogP contribution < -0.4 is 5.32 Å². The van der Waals surface area contributed by atoms with Crippen LogP contribution in [0.3, 0.4) is 0 Å². The lowest BCUT2D eigenvalue weighted by Gasteiger charge is -2.19. The van der Waals surface area contributed by atoms with Gasteiger partial charge in [-0.2, -0.15) is 5.10 Å². The average molecular weight is 296 g/mol. The second-order valence-corrected chi connectivity index (χ2v) is 5.89. The van der Waals surface area contributed by atoms with Crippen LogP contribution in [0.25, 0.3) is 0 Å². The minimum absolute atomic E-state index is 0.101. The lowest BCUT2D eigenvalue weighted by atomic mass is 10.2. The molecule has 2 heterocycles. The van der Waals surface area contributed by atoms with Gasteiger partial charge in [-0.3, -0.25) is 4.68 Å². The van der Waals surface area contributed by atoms with E-state index in [2.05, 4.69) is 15.3 Å². The second-order valence-electron chi connectivity index (χ2n) is 5.89. The maximum absolute atomic E-state index is 10.1. The van der Waals surface area contributed by atoms with Gasteiger partial charge in [0.25, 0.3) is 0 Å². The zero-order valence-electron chi connectivity index (χ0n) is 13.2. The van der Waals surface area contributed by atoms with E-state index in [0.29, 0.717) is 19.6 Å². The molecule has 3 N–H and O–H groups in total. The largest absolute Gasteiger partial charge is 0.394 e. The number of β-amino-alcohol motifs (C(OH)–C–C–N with tert-alkyl or cyclic N) is 1. The number of rotatable bonds is 8. The van der Waals surface area contributed by atoms with Crippen molar-refractivity contribution < 1.29 is 10.2 Å². The van der Waals surface area contributed by atoms with Crippen molar-refractivity contribution in [2.45, 2.75) is 45.9 Å². The van der Waals surface area contributed by atoms with E-state index in [4.69, 9.17) is 5.11 Å². The van der Waals surface area contributed by atoms with Gasteiger partial charge in [-0.1, -0.05) is 0 Å². The highest BCUT2D eigenvalue weighted by molar-refractivity contribution is 5.24. The fourth-order valence-electron chi connectivity index (χ4n) is 2.99. The molecule has 1 aromatic heterocycles. The minimum atomic E-state index is -0.323. The molecule has 1 saturated heterocycles. The zero-order chi connectivity index (χ0) is 15.2. The summed E-state index contributed by atoms with van der Waals surface area (Å²) in [4.78, 5) is 2.32. The molecular formula is C15H28N4O2. The first-order chi connectivity index (χ1) is 10.1. The third-order valence-electron chi connectivity index (χ3n) is 4.19. The van der Waals surface area contributed by atoms with E-state index in [1.165, 1.54) is 12.8 Å². The molecule has 1 aromatic rings. The molecule has 1 aliphatic heterocycles. The van der Waals surface area contributed by atoms with Crippen LogP contribution in [0.4, 0.5) is 0 Å². The normalized spacial score (nSPS) is 17.5. The molecule has 21 heavy (non-hydrogen) atoms. The highest BCUT2D eigenvalue weighted by Crippen LogP contribution is 2.12. The van der Waals surface area contributed by atoms with Crippen LogP contribution >= 0.6 is 0 Å². The summed E-state index contributed by atoms with van der Waals surface area (Å²) in [7, 11) is 0. The van der Waals surface area contributed by atoms with E-state index < -0.39 is 0 Å². The van der Waals surface area contributed by atoms with E-state index in [-0.39, 0.29) is 12.7 Å². The first kappa shape index (κ1) is 16.4. The Balaban J connectivity index is 1.77. The topological polar surface area (TPSA) is 73.5 Å². The van der Waals surface area contributed by atoms with Gasteiger partial charge in [0.1, 0.15) is 0 Å². The van der Waals surface area contributed by atoms with Crippen molar-refractivity contribution in [3.8, 4) is 0 Å². The summed E-state index contributed by atoms with van der Waals surface area (Å²) >= 11 is 0. The zero-order valence-corrected chi connectivity index (χ0v) is 13.2. The van der Waals surface area contributed by atoms with Crippen molar-refractivity contribution in [1.29, 1.82) is 0 Å². The molecule has 1 unspecified atom stereocenters.